The van der Waals surface area contributed by atoms with Crippen molar-refractivity contribution in [2.24, 2.45) is 5.41 Å². The van der Waals surface area contributed by atoms with Gasteiger partial charge in [0.1, 0.15) is 5.75 Å². The lowest BCUT2D eigenvalue weighted by Gasteiger charge is -2.16. The minimum Gasteiger partial charge on any atom is -0.495 e. The second kappa shape index (κ2) is 4.63. The van der Waals surface area contributed by atoms with E-state index in [4.69, 9.17) is 4.74 Å². The maximum absolute atomic E-state index is 9.24. The van der Waals surface area contributed by atoms with Gasteiger partial charge in [-0.15, -0.1) is 0 Å². The van der Waals surface area contributed by atoms with Crippen molar-refractivity contribution in [2.45, 2.75) is 12.8 Å². The predicted octanol–water partition coefficient (Wildman–Crippen LogP) is 2.64. The zero-order valence-electron chi connectivity index (χ0n) is 9.29. The van der Waals surface area contributed by atoms with Crippen molar-refractivity contribution in [1.29, 1.82) is 0 Å². The van der Waals surface area contributed by atoms with E-state index in [1.165, 1.54) is 0 Å². The van der Waals surface area contributed by atoms with E-state index in [0.29, 0.717) is 0 Å². The smallest absolute Gasteiger partial charge is 0.142 e. The SMILES string of the molecule is COc1ccc(Br)cc1NCC1(CO)CC1. The van der Waals surface area contributed by atoms with E-state index in [1.54, 1.807) is 7.11 Å². The first kappa shape index (κ1) is 11.7. The Hall–Kier alpha value is -0.740. The summed E-state index contributed by atoms with van der Waals surface area (Å²) in [6.45, 7) is 1.06. The highest BCUT2D eigenvalue weighted by atomic mass is 79.9. The Balaban J connectivity index is 2.05. The molecule has 1 aliphatic carbocycles. The number of halogens is 1. The molecule has 1 saturated carbocycles. The summed E-state index contributed by atoms with van der Waals surface area (Å²) in [6, 6.07) is 5.86. The molecule has 0 unspecified atom stereocenters. The van der Waals surface area contributed by atoms with Crippen LogP contribution in [0.25, 0.3) is 0 Å². The molecule has 0 bridgehead atoms. The number of anilines is 1. The summed E-state index contributed by atoms with van der Waals surface area (Å²) >= 11 is 3.43. The van der Waals surface area contributed by atoms with Gasteiger partial charge in [-0.25, -0.2) is 0 Å². The molecular formula is C12H16BrNO2. The van der Waals surface area contributed by atoms with Crippen molar-refractivity contribution in [3.8, 4) is 5.75 Å². The number of hydrogen-bond acceptors (Lipinski definition) is 3. The molecule has 2 rings (SSSR count). The molecule has 88 valence electrons. The summed E-state index contributed by atoms with van der Waals surface area (Å²) in [7, 11) is 1.66. The zero-order valence-corrected chi connectivity index (χ0v) is 10.9. The van der Waals surface area contributed by atoms with Crippen molar-refractivity contribution in [3.05, 3.63) is 22.7 Å². The van der Waals surface area contributed by atoms with E-state index in [0.717, 1.165) is 35.3 Å². The highest BCUT2D eigenvalue weighted by molar-refractivity contribution is 9.10. The largest absolute Gasteiger partial charge is 0.495 e. The summed E-state index contributed by atoms with van der Waals surface area (Å²) in [6.07, 6.45) is 2.21. The molecule has 1 aromatic rings. The molecule has 3 nitrogen and oxygen atoms in total. The van der Waals surface area contributed by atoms with E-state index in [1.807, 2.05) is 18.2 Å². The lowest BCUT2D eigenvalue weighted by Crippen LogP contribution is -2.19. The predicted molar refractivity (Wildman–Crippen MR) is 67.9 cm³/mol. The topological polar surface area (TPSA) is 41.5 Å². The van der Waals surface area contributed by atoms with Gasteiger partial charge in [0.05, 0.1) is 19.4 Å². The Bertz CT molecular complexity index is 377. The molecule has 1 aliphatic rings. The quantitative estimate of drug-likeness (QED) is 0.874. The van der Waals surface area contributed by atoms with Crippen LogP contribution in [-0.4, -0.2) is 25.4 Å². The summed E-state index contributed by atoms with van der Waals surface area (Å²) in [5, 5.41) is 12.6. The first-order valence-electron chi connectivity index (χ1n) is 5.37. The number of benzene rings is 1. The number of rotatable bonds is 5. The van der Waals surface area contributed by atoms with Crippen LogP contribution in [0.1, 0.15) is 12.8 Å². The zero-order chi connectivity index (χ0) is 11.6. The average molecular weight is 286 g/mol. The molecule has 0 amide bonds. The molecule has 0 saturated heterocycles. The molecule has 1 aromatic carbocycles. The molecule has 16 heavy (non-hydrogen) atoms. The van der Waals surface area contributed by atoms with Gasteiger partial charge in [-0.2, -0.15) is 0 Å². The molecule has 0 aliphatic heterocycles. The molecule has 0 radical (unpaired) electrons. The molecule has 2 N–H and O–H groups in total. The fourth-order valence-electron chi connectivity index (χ4n) is 1.67. The van der Waals surface area contributed by atoms with Crippen LogP contribution in [0.4, 0.5) is 5.69 Å². The third-order valence-electron chi connectivity index (χ3n) is 3.11. The molecule has 4 heteroatoms. The van der Waals surface area contributed by atoms with E-state index in [2.05, 4.69) is 21.2 Å². The molecule has 0 spiro atoms. The van der Waals surface area contributed by atoms with E-state index >= 15 is 0 Å². The Morgan fingerprint density at radius 2 is 2.25 bits per heavy atom. The van der Waals surface area contributed by atoms with Gasteiger partial charge in [-0.05, 0) is 31.0 Å². The minimum absolute atomic E-state index is 0.104. The van der Waals surface area contributed by atoms with Gasteiger partial charge < -0.3 is 15.2 Å². The fourth-order valence-corrected chi connectivity index (χ4v) is 2.03. The van der Waals surface area contributed by atoms with Crippen molar-refractivity contribution >= 4 is 21.6 Å². The third kappa shape index (κ3) is 2.50. The van der Waals surface area contributed by atoms with Crippen molar-refractivity contribution in [3.63, 3.8) is 0 Å². The second-order valence-corrected chi connectivity index (χ2v) is 5.27. The van der Waals surface area contributed by atoms with Crippen LogP contribution in [0.15, 0.2) is 22.7 Å². The summed E-state index contributed by atoms with van der Waals surface area (Å²) in [5.74, 6) is 0.830. The highest BCUT2D eigenvalue weighted by Crippen LogP contribution is 2.45. The lowest BCUT2D eigenvalue weighted by molar-refractivity contribution is 0.219. The maximum Gasteiger partial charge on any atom is 0.142 e. The van der Waals surface area contributed by atoms with Crippen LogP contribution in [0.3, 0.4) is 0 Å². The standard InChI is InChI=1S/C12H16BrNO2/c1-16-11-3-2-9(13)6-10(11)14-7-12(8-15)4-5-12/h2-3,6,14-15H,4-5,7-8H2,1H3. The van der Waals surface area contributed by atoms with Gasteiger partial charge in [0.15, 0.2) is 0 Å². The lowest BCUT2D eigenvalue weighted by atomic mass is 10.1. The van der Waals surface area contributed by atoms with Gasteiger partial charge in [0.25, 0.3) is 0 Å². The Morgan fingerprint density at radius 3 is 2.81 bits per heavy atom. The van der Waals surface area contributed by atoms with Crippen LogP contribution in [0.2, 0.25) is 0 Å². The second-order valence-electron chi connectivity index (χ2n) is 4.36. The number of hydrogen-bond donors (Lipinski definition) is 2. The molecule has 0 atom stereocenters. The number of methoxy groups -OCH3 is 1. The molecule has 1 fully saturated rings. The van der Waals surface area contributed by atoms with Crippen LogP contribution < -0.4 is 10.1 Å². The van der Waals surface area contributed by atoms with Gasteiger partial charge in [-0.1, -0.05) is 15.9 Å². The first-order chi connectivity index (χ1) is 7.69. The summed E-state index contributed by atoms with van der Waals surface area (Å²) in [5.41, 5.74) is 1.07. The third-order valence-corrected chi connectivity index (χ3v) is 3.60. The van der Waals surface area contributed by atoms with E-state index in [-0.39, 0.29) is 12.0 Å². The van der Waals surface area contributed by atoms with Gasteiger partial charge in [0, 0.05) is 16.4 Å². The minimum atomic E-state index is 0.104. The summed E-state index contributed by atoms with van der Waals surface area (Å²) < 4.78 is 6.29. The van der Waals surface area contributed by atoms with Crippen molar-refractivity contribution < 1.29 is 9.84 Å². The van der Waals surface area contributed by atoms with Crippen molar-refractivity contribution in [2.75, 3.05) is 25.6 Å². The number of ether oxygens (including phenoxy) is 1. The molecule has 0 aromatic heterocycles. The first-order valence-corrected chi connectivity index (χ1v) is 6.17. The van der Waals surface area contributed by atoms with Crippen LogP contribution in [0, 0.1) is 5.41 Å². The number of aliphatic hydroxyl groups is 1. The summed E-state index contributed by atoms with van der Waals surface area (Å²) in [4.78, 5) is 0. The van der Waals surface area contributed by atoms with Crippen LogP contribution in [-0.2, 0) is 0 Å². The highest BCUT2D eigenvalue weighted by Gasteiger charge is 2.41. The monoisotopic (exact) mass is 285 g/mol. The van der Waals surface area contributed by atoms with Crippen molar-refractivity contribution in [1.82, 2.24) is 0 Å². The maximum atomic E-state index is 9.24. The Morgan fingerprint density at radius 1 is 1.50 bits per heavy atom. The molecular weight excluding hydrogens is 270 g/mol. The Kier molecular flexibility index (Phi) is 3.40. The normalized spacial score (nSPS) is 16.9. The van der Waals surface area contributed by atoms with E-state index < -0.39 is 0 Å². The number of aliphatic hydroxyl groups excluding tert-OH is 1. The van der Waals surface area contributed by atoms with Gasteiger partial charge in [-0.3, -0.25) is 0 Å². The number of nitrogens with one attached hydrogen (secondary N) is 1. The average Bonchev–Trinajstić information content (AvgIpc) is 3.07. The van der Waals surface area contributed by atoms with Crippen LogP contribution in [0.5, 0.6) is 5.75 Å². The van der Waals surface area contributed by atoms with Crippen LogP contribution >= 0.6 is 15.9 Å². The Labute approximate surface area is 104 Å². The van der Waals surface area contributed by atoms with Gasteiger partial charge in [0.2, 0.25) is 0 Å². The van der Waals surface area contributed by atoms with E-state index in [9.17, 15) is 5.11 Å². The van der Waals surface area contributed by atoms with Gasteiger partial charge >= 0.3 is 0 Å². The molecule has 0 heterocycles. The fraction of sp³-hybridized carbons (Fsp3) is 0.500.